The van der Waals surface area contributed by atoms with E-state index in [9.17, 15) is 9.36 Å². The van der Waals surface area contributed by atoms with Gasteiger partial charge in [-0.1, -0.05) is 0 Å². The molecule has 29 heavy (non-hydrogen) atoms. The van der Waals surface area contributed by atoms with Gasteiger partial charge in [0.05, 0.1) is 31.5 Å². The van der Waals surface area contributed by atoms with E-state index >= 15 is 0 Å². The maximum absolute atomic E-state index is 12.8. The lowest BCUT2D eigenvalue weighted by atomic mass is 10.5. The van der Waals surface area contributed by atoms with Crippen molar-refractivity contribution in [1.82, 2.24) is 24.4 Å². The van der Waals surface area contributed by atoms with Gasteiger partial charge in [0.1, 0.15) is 6.35 Å². The highest BCUT2D eigenvalue weighted by molar-refractivity contribution is 7.53. The summed E-state index contributed by atoms with van der Waals surface area (Å²) in [7, 11) is 0.262. The smallest absolute Gasteiger partial charge is 0.356 e. The van der Waals surface area contributed by atoms with Crippen molar-refractivity contribution in [2.75, 3.05) is 27.1 Å². The maximum atomic E-state index is 12.8. The second-order valence-electron chi connectivity index (χ2n) is 7.16. The van der Waals surface area contributed by atoms with Gasteiger partial charge in [-0.05, 0) is 27.7 Å². The van der Waals surface area contributed by atoms with E-state index in [1.54, 1.807) is 37.2 Å². The molecule has 0 aromatic carbocycles. The molecule has 0 amide bonds. The molecule has 11 nitrogen and oxygen atoms in total. The number of rotatable bonds is 11. The second-order valence-corrected chi connectivity index (χ2v) is 9.07. The van der Waals surface area contributed by atoms with Crippen LogP contribution in [0.1, 0.15) is 27.7 Å². The Kier molecular flexibility index (Phi) is 8.09. The van der Waals surface area contributed by atoms with Crippen molar-refractivity contribution in [2.24, 2.45) is 4.99 Å². The average Bonchev–Trinajstić information content (AvgIpc) is 2.99. The van der Waals surface area contributed by atoms with E-state index in [2.05, 4.69) is 19.9 Å². The van der Waals surface area contributed by atoms with Crippen molar-refractivity contribution in [3.63, 3.8) is 0 Å². The number of ether oxygens (including phenoxy) is 1. The van der Waals surface area contributed by atoms with E-state index in [4.69, 9.17) is 13.8 Å². The fraction of sp³-hybridized carbons (Fsp3) is 0.647. The highest BCUT2D eigenvalue weighted by atomic mass is 31.2. The molecule has 1 N–H and O–H groups in total. The minimum absolute atomic E-state index is 0.164. The number of aromatic amines is 1. The van der Waals surface area contributed by atoms with Gasteiger partial charge in [-0.25, -0.2) is 9.98 Å². The zero-order valence-corrected chi connectivity index (χ0v) is 18.5. The van der Waals surface area contributed by atoms with Crippen molar-refractivity contribution in [3.05, 3.63) is 16.7 Å². The van der Waals surface area contributed by atoms with Gasteiger partial charge in [0.15, 0.2) is 11.2 Å². The standard InChI is InChI=1S/C17H29N6O5P/c1-12(2)27-29(25,28-13(3)4)11-26-8-7-23-10-18-14-15(23)20-17(21-16(14)24)19-9-22(5)6/h9-10,12-13H,7-8,11H2,1-6H3,(H,20,21,24)/b19-9+. The minimum atomic E-state index is -3.36. The molecule has 0 aliphatic heterocycles. The third kappa shape index (κ3) is 7.04. The molecule has 2 aromatic heterocycles. The third-order valence-corrected chi connectivity index (χ3v) is 5.33. The summed E-state index contributed by atoms with van der Waals surface area (Å²) in [4.78, 5) is 29.0. The molecule has 0 saturated heterocycles. The van der Waals surface area contributed by atoms with Gasteiger partial charge in [-0.15, -0.1) is 0 Å². The van der Waals surface area contributed by atoms with Gasteiger partial charge in [-0.3, -0.25) is 14.3 Å². The zero-order chi connectivity index (χ0) is 21.6. The number of imidazole rings is 1. The zero-order valence-electron chi connectivity index (χ0n) is 17.7. The van der Waals surface area contributed by atoms with Gasteiger partial charge in [0, 0.05) is 20.6 Å². The topological polar surface area (TPSA) is 124 Å². The van der Waals surface area contributed by atoms with Gasteiger partial charge in [0.25, 0.3) is 5.56 Å². The van der Waals surface area contributed by atoms with Crippen LogP contribution in [0.4, 0.5) is 5.95 Å². The largest absolute Gasteiger partial charge is 0.369 e. The number of hydrogen-bond acceptors (Lipinski definition) is 8. The number of H-pyrrole nitrogens is 1. The number of nitrogens with one attached hydrogen (secondary N) is 1. The second kappa shape index (κ2) is 10.1. The van der Waals surface area contributed by atoms with Crippen LogP contribution in [-0.4, -0.2) is 70.0 Å². The van der Waals surface area contributed by atoms with E-state index in [1.165, 1.54) is 12.7 Å². The lowest BCUT2D eigenvalue weighted by Gasteiger charge is -2.22. The van der Waals surface area contributed by atoms with Crippen LogP contribution in [-0.2, 0) is 24.9 Å². The molecule has 162 valence electrons. The first-order chi connectivity index (χ1) is 13.6. The summed E-state index contributed by atoms with van der Waals surface area (Å²) in [6.07, 6.45) is 2.37. The van der Waals surface area contributed by atoms with Gasteiger partial charge in [0.2, 0.25) is 5.95 Å². The van der Waals surface area contributed by atoms with Crippen LogP contribution in [0.25, 0.3) is 11.2 Å². The Morgan fingerprint density at radius 1 is 1.28 bits per heavy atom. The average molecular weight is 428 g/mol. The van der Waals surface area contributed by atoms with Gasteiger partial charge >= 0.3 is 7.60 Å². The summed E-state index contributed by atoms with van der Waals surface area (Å²) in [5.74, 6) is 0.180. The molecule has 2 rings (SSSR count). The van der Waals surface area contributed by atoms with Crippen LogP contribution in [0.5, 0.6) is 0 Å². The molecular formula is C17H29N6O5P. The molecule has 0 unspecified atom stereocenters. The number of hydrogen-bond donors (Lipinski definition) is 1. The summed E-state index contributed by atoms with van der Waals surface area (Å²) >= 11 is 0. The van der Waals surface area contributed by atoms with E-state index in [-0.39, 0.29) is 42.2 Å². The van der Waals surface area contributed by atoms with Crippen LogP contribution < -0.4 is 5.56 Å². The first-order valence-electron chi connectivity index (χ1n) is 9.29. The maximum Gasteiger partial charge on any atom is 0.356 e. The van der Waals surface area contributed by atoms with Crippen molar-refractivity contribution in [3.8, 4) is 0 Å². The lowest BCUT2D eigenvalue weighted by Crippen LogP contribution is -2.14. The quantitative estimate of drug-likeness (QED) is 0.250. The van der Waals surface area contributed by atoms with Crippen LogP contribution in [0.15, 0.2) is 16.1 Å². The lowest BCUT2D eigenvalue weighted by molar-refractivity contribution is 0.0961. The Morgan fingerprint density at radius 2 is 1.93 bits per heavy atom. The third-order valence-electron chi connectivity index (χ3n) is 3.34. The molecule has 0 aliphatic carbocycles. The first kappa shape index (κ1) is 23.2. The summed E-state index contributed by atoms with van der Waals surface area (Å²) in [5, 5.41) is 0. The van der Waals surface area contributed by atoms with Crippen LogP contribution in [0, 0.1) is 0 Å². The highest BCUT2D eigenvalue weighted by Gasteiger charge is 2.28. The predicted octanol–water partition coefficient (Wildman–Crippen LogP) is 2.36. The molecule has 0 bridgehead atoms. The van der Waals surface area contributed by atoms with Gasteiger partial charge in [-0.2, -0.15) is 4.98 Å². The molecule has 0 fully saturated rings. The predicted molar refractivity (Wildman–Crippen MR) is 111 cm³/mol. The Bertz CT molecular complexity index is 922. The van der Waals surface area contributed by atoms with E-state index < -0.39 is 7.60 Å². The molecule has 0 spiro atoms. The molecule has 0 atom stereocenters. The van der Waals surface area contributed by atoms with Crippen LogP contribution in [0.3, 0.4) is 0 Å². The number of fused-ring (bicyclic) bond motifs is 1. The molecule has 0 aliphatic rings. The van der Waals surface area contributed by atoms with Crippen molar-refractivity contribution in [1.29, 1.82) is 0 Å². The molecule has 2 heterocycles. The Morgan fingerprint density at radius 3 is 2.52 bits per heavy atom. The fourth-order valence-corrected chi connectivity index (χ4v) is 4.21. The number of nitrogens with zero attached hydrogens (tertiary/aromatic N) is 5. The monoisotopic (exact) mass is 428 g/mol. The van der Waals surface area contributed by atoms with E-state index in [0.717, 1.165) is 0 Å². The first-order valence-corrected chi connectivity index (χ1v) is 11.0. The van der Waals surface area contributed by atoms with Crippen LogP contribution >= 0.6 is 7.60 Å². The van der Waals surface area contributed by atoms with Crippen LogP contribution in [0.2, 0.25) is 0 Å². The summed E-state index contributed by atoms with van der Waals surface area (Å²) in [6.45, 7) is 7.71. The fourth-order valence-electron chi connectivity index (χ4n) is 2.40. The summed E-state index contributed by atoms with van der Waals surface area (Å²) in [5.41, 5.74) is 0.231. The molecule has 12 heteroatoms. The van der Waals surface area contributed by atoms with Crippen molar-refractivity contribution in [2.45, 2.75) is 46.4 Å². The summed E-state index contributed by atoms with van der Waals surface area (Å²) in [6, 6.07) is 0. The van der Waals surface area contributed by atoms with Crippen molar-refractivity contribution < 1.29 is 18.3 Å². The summed E-state index contributed by atoms with van der Waals surface area (Å²) < 4.78 is 30.9. The molecule has 0 radical (unpaired) electrons. The highest BCUT2D eigenvalue weighted by Crippen LogP contribution is 2.50. The van der Waals surface area contributed by atoms with Gasteiger partial charge < -0.3 is 23.3 Å². The van der Waals surface area contributed by atoms with Crippen molar-refractivity contribution >= 4 is 31.0 Å². The SMILES string of the molecule is CC(C)OP(=O)(COCCn1cnc2c(=O)[nH]c(/N=C/N(C)C)nc21)OC(C)C. The Labute approximate surface area is 169 Å². The molecule has 0 saturated carbocycles. The number of aromatic nitrogens is 4. The molecular weight excluding hydrogens is 399 g/mol. The Balaban J connectivity index is 2.06. The van der Waals surface area contributed by atoms with E-state index in [0.29, 0.717) is 12.2 Å². The number of aliphatic imine (C=N–C) groups is 1. The van der Waals surface area contributed by atoms with E-state index in [1.807, 2.05) is 14.1 Å². The normalized spacial score (nSPS) is 12.7. The Hall–Kier alpha value is -2.07. The molecule has 2 aromatic rings. The minimum Gasteiger partial charge on any atom is -0.369 e.